The molecule has 0 atom stereocenters. The second kappa shape index (κ2) is 6.79. The Morgan fingerprint density at radius 2 is 1.76 bits per heavy atom. The molecule has 6 heteroatoms. The molecule has 21 heavy (non-hydrogen) atoms. The topological polar surface area (TPSA) is 73.0 Å². The molecule has 1 N–H and O–H groups in total. The van der Waals surface area contributed by atoms with E-state index in [1.165, 1.54) is 20.0 Å². The Kier molecular flexibility index (Phi) is 5.82. The number of H-pyrrole nitrogens is 1. The zero-order valence-electron chi connectivity index (χ0n) is 12.1. The van der Waals surface area contributed by atoms with Crippen molar-refractivity contribution in [1.29, 1.82) is 0 Å². The van der Waals surface area contributed by atoms with Gasteiger partial charge in [0, 0.05) is 22.9 Å². The molecule has 1 aromatic carbocycles. The third kappa shape index (κ3) is 3.40. The van der Waals surface area contributed by atoms with Gasteiger partial charge in [0.05, 0.1) is 16.6 Å². The van der Waals surface area contributed by atoms with Gasteiger partial charge >= 0.3 is 29.6 Å². The summed E-state index contributed by atoms with van der Waals surface area (Å²) in [5, 5.41) is 11.5. The fourth-order valence-corrected chi connectivity index (χ4v) is 2.18. The average Bonchev–Trinajstić information content (AvgIpc) is 2.81. The van der Waals surface area contributed by atoms with Crippen LogP contribution in [0.3, 0.4) is 0 Å². The van der Waals surface area contributed by atoms with Gasteiger partial charge in [0.25, 0.3) is 0 Å². The van der Waals surface area contributed by atoms with E-state index in [-0.39, 0.29) is 51.6 Å². The van der Waals surface area contributed by atoms with Crippen molar-refractivity contribution in [3.8, 4) is 0 Å². The summed E-state index contributed by atoms with van der Waals surface area (Å²) in [6.07, 6.45) is 1.41. The first-order valence-electron chi connectivity index (χ1n) is 6.04. The van der Waals surface area contributed by atoms with E-state index < -0.39 is 11.4 Å². The minimum atomic E-state index is -1.34. The van der Waals surface area contributed by atoms with E-state index >= 15 is 0 Å². The van der Waals surface area contributed by atoms with Crippen molar-refractivity contribution in [2.45, 2.75) is 19.3 Å². The molecule has 2 rings (SSSR count). The van der Waals surface area contributed by atoms with Gasteiger partial charge in [-0.25, -0.2) is 0 Å². The summed E-state index contributed by atoms with van der Waals surface area (Å²) in [4.78, 5) is 26.5. The van der Waals surface area contributed by atoms with Crippen molar-refractivity contribution in [3.05, 3.63) is 58.4 Å². The number of nitrogens with one attached hydrogen (secondary N) is 1. The van der Waals surface area contributed by atoms with Gasteiger partial charge in [0.1, 0.15) is 0 Å². The van der Waals surface area contributed by atoms with E-state index in [4.69, 9.17) is 11.6 Å². The Labute approximate surface area is 149 Å². The molecular weight excluding hydrogens is 301 g/mol. The van der Waals surface area contributed by atoms with Crippen LogP contribution in [-0.4, -0.2) is 16.7 Å². The van der Waals surface area contributed by atoms with Gasteiger partial charge in [-0.3, -0.25) is 4.79 Å². The molecule has 104 valence electrons. The molecule has 0 fully saturated rings. The smallest absolute Gasteiger partial charge is 0.549 e. The Morgan fingerprint density at radius 3 is 2.29 bits per heavy atom. The van der Waals surface area contributed by atoms with Gasteiger partial charge in [-0.1, -0.05) is 41.9 Å². The van der Waals surface area contributed by atoms with Gasteiger partial charge in [-0.15, -0.1) is 0 Å². The monoisotopic (exact) mass is 313 g/mol. The van der Waals surface area contributed by atoms with Crippen LogP contribution in [0.4, 0.5) is 0 Å². The molecule has 0 aliphatic carbocycles. The first-order chi connectivity index (χ1) is 9.35. The Morgan fingerprint density at radius 1 is 1.19 bits per heavy atom. The third-order valence-electron chi connectivity index (χ3n) is 3.23. The normalized spacial score (nSPS) is 10.8. The van der Waals surface area contributed by atoms with E-state index in [2.05, 4.69) is 4.98 Å². The van der Waals surface area contributed by atoms with Crippen molar-refractivity contribution in [2.24, 2.45) is 0 Å². The summed E-state index contributed by atoms with van der Waals surface area (Å²) in [7, 11) is 0. The number of carboxylic acids is 1. The Hall–Kier alpha value is -1.07. The van der Waals surface area contributed by atoms with E-state index in [1.807, 2.05) is 0 Å². The number of hydrogen-bond acceptors (Lipinski definition) is 3. The molecule has 0 amide bonds. The van der Waals surface area contributed by atoms with Crippen LogP contribution >= 0.6 is 11.6 Å². The van der Waals surface area contributed by atoms with Crippen LogP contribution in [0.2, 0.25) is 5.02 Å². The molecule has 0 spiro atoms. The van der Waals surface area contributed by atoms with Crippen molar-refractivity contribution in [3.63, 3.8) is 0 Å². The van der Waals surface area contributed by atoms with E-state index in [0.717, 1.165) is 0 Å². The third-order valence-corrected chi connectivity index (χ3v) is 3.53. The standard InChI is InChI=1S/C15H14ClNO3.Na/c1-15(2,14(19)20)13-11(10(16)8-17-13)12(18)9-6-4-3-5-7-9;/h3-8,17H,1-2H3,(H,19,20);/q;+1/p-1. The largest absolute Gasteiger partial charge is 1.00 e. The molecule has 4 nitrogen and oxygen atoms in total. The molecule has 0 saturated carbocycles. The zero-order chi connectivity index (χ0) is 14.9. The summed E-state index contributed by atoms with van der Waals surface area (Å²) in [5.74, 6) is -1.60. The van der Waals surface area contributed by atoms with Crippen molar-refractivity contribution in [2.75, 3.05) is 0 Å². The number of carbonyl (C=O) groups excluding carboxylic acids is 2. The van der Waals surface area contributed by atoms with Gasteiger partial charge < -0.3 is 14.9 Å². The maximum absolute atomic E-state index is 12.5. The van der Waals surface area contributed by atoms with Crippen LogP contribution in [0.5, 0.6) is 0 Å². The van der Waals surface area contributed by atoms with E-state index in [0.29, 0.717) is 5.56 Å². The van der Waals surface area contributed by atoms with E-state index in [1.54, 1.807) is 30.3 Å². The summed E-state index contributed by atoms with van der Waals surface area (Å²) >= 11 is 6.04. The van der Waals surface area contributed by atoms with Gasteiger partial charge in [-0.2, -0.15) is 0 Å². The predicted octanol–water partition coefficient (Wildman–Crippen LogP) is -1.07. The number of halogens is 1. The van der Waals surface area contributed by atoms with Crippen molar-refractivity contribution >= 4 is 23.4 Å². The molecule has 1 aromatic heterocycles. The number of hydrogen-bond donors (Lipinski definition) is 1. The SMILES string of the molecule is CC(C)(C(=O)[O-])c1[nH]cc(Cl)c1C(=O)c1ccccc1.[Na+]. The summed E-state index contributed by atoms with van der Waals surface area (Å²) < 4.78 is 0. The molecule has 0 bridgehead atoms. The van der Waals surface area contributed by atoms with Crippen LogP contribution in [0, 0.1) is 0 Å². The number of aliphatic carboxylic acids is 1. The van der Waals surface area contributed by atoms with Crippen LogP contribution < -0.4 is 34.7 Å². The summed E-state index contributed by atoms with van der Waals surface area (Å²) in [6.45, 7) is 2.93. The number of carboxylic acid groups (broad SMARTS) is 1. The van der Waals surface area contributed by atoms with Crippen LogP contribution in [-0.2, 0) is 10.2 Å². The first-order valence-corrected chi connectivity index (χ1v) is 6.42. The number of carbonyl (C=O) groups is 2. The van der Waals surface area contributed by atoms with Crippen LogP contribution in [0.15, 0.2) is 36.5 Å². The van der Waals surface area contributed by atoms with Gasteiger partial charge in [0.15, 0.2) is 5.78 Å². The van der Waals surface area contributed by atoms with Crippen LogP contribution in [0.1, 0.15) is 35.5 Å². The van der Waals surface area contributed by atoms with Crippen LogP contribution in [0.25, 0.3) is 0 Å². The zero-order valence-corrected chi connectivity index (χ0v) is 14.8. The number of benzene rings is 1. The number of rotatable bonds is 4. The molecule has 0 aliphatic rings. The minimum Gasteiger partial charge on any atom is -0.549 e. The van der Waals surface area contributed by atoms with Crippen molar-refractivity contribution in [1.82, 2.24) is 4.98 Å². The second-order valence-electron chi connectivity index (χ2n) is 4.99. The quantitative estimate of drug-likeness (QED) is 0.577. The fraction of sp³-hybridized carbons (Fsp3) is 0.200. The molecule has 0 radical (unpaired) electrons. The molecule has 0 unspecified atom stereocenters. The number of aromatic amines is 1. The van der Waals surface area contributed by atoms with Gasteiger partial charge in [0.2, 0.25) is 0 Å². The fourth-order valence-electron chi connectivity index (χ4n) is 1.95. The number of aromatic nitrogens is 1. The molecule has 0 saturated heterocycles. The summed E-state index contributed by atoms with van der Waals surface area (Å²) in [5.41, 5.74) is -0.472. The van der Waals surface area contributed by atoms with Gasteiger partial charge in [-0.05, 0) is 13.8 Å². The minimum absolute atomic E-state index is 0. The molecular formula is C15H13ClNNaO3. The maximum Gasteiger partial charge on any atom is 1.00 e. The molecule has 1 heterocycles. The second-order valence-corrected chi connectivity index (χ2v) is 5.40. The van der Waals surface area contributed by atoms with Crippen molar-refractivity contribution < 1.29 is 44.3 Å². The predicted molar refractivity (Wildman–Crippen MR) is 73.7 cm³/mol. The average molecular weight is 314 g/mol. The first kappa shape index (κ1) is 18.0. The number of ketones is 1. The van der Waals surface area contributed by atoms with E-state index in [9.17, 15) is 14.7 Å². The Balaban J connectivity index is 0.00000220. The summed E-state index contributed by atoms with van der Waals surface area (Å²) in [6, 6.07) is 8.57. The Bertz CT molecular complexity index is 665. The maximum atomic E-state index is 12.5. The molecule has 2 aromatic rings. The molecule has 0 aliphatic heterocycles.